The van der Waals surface area contributed by atoms with E-state index in [2.05, 4.69) is 20.7 Å². The first-order chi connectivity index (χ1) is 13.5. The molecule has 0 amide bonds. The molecule has 0 radical (unpaired) electrons. The lowest BCUT2D eigenvalue weighted by Gasteiger charge is -2.11. The first-order valence-electron chi connectivity index (χ1n) is 8.37. The molecular formula is C19H16FN5O3. The fourth-order valence-electron chi connectivity index (χ4n) is 2.66. The van der Waals surface area contributed by atoms with Crippen LogP contribution in [-0.4, -0.2) is 21.8 Å². The highest BCUT2D eigenvalue weighted by Crippen LogP contribution is 2.24. The number of fused-ring (bicyclic) bond motifs is 1. The highest BCUT2D eigenvalue weighted by Gasteiger charge is 2.12. The maximum absolute atomic E-state index is 13.6. The summed E-state index contributed by atoms with van der Waals surface area (Å²) in [6.07, 6.45) is 1.60. The second-order valence-corrected chi connectivity index (χ2v) is 5.98. The van der Waals surface area contributed by atoms with Crippen LogP contribution < -0.4 is 21.2 Å². The molecule has 0 fully saturated rings. The van der Waals surface area contributed by atoms with Crippen molar-refractivity contribution in [2.75, 3.05) is 17.9 Å². The van der Waals surface area contributed by atoms with Gasteiger partial charge in [0.25, 0.3) is 0 Å². The number of ether oxygens (including phenoxy) is 1. The number of oxazole rings is 1. The minimum atomic E-state index is -0.558. The molecule has 2 heterocycles. The van der Waals surface area contributed by atoms with Gasteiger partial charge in [0.1, 0.15) is 5.52 Å². The molecule has 2 aromatic heterocycles. The van der Waals surface area contributed by atoms with Crippen LogP contribution in [0.2, 0.25) is 0 Å². The average Bonchev–Trinajstić information content (AvgIpc) is 3.01. The lowest BCUT2D eigenvalue weighted by atomic mass is 10.3. The Balaban J connectivity index is 1.66. The second-order valence-electron chi connectivity index (χ2n) is 5.98. The van der Waals surface area contributed by atoms with E-state index in [0.29, 0.717) is 22.6 Å². The van der Waals surface area contributed by atoms with Crippen molar-refractivity contribution in [3.05, 3.63) is 70.6 Å². The van der Waals surface area contributed by atoms with E-state index in [4.69, 9.17) is 9.15 Å². The fourth-order valence-corrected chi connectivity index (χ4v) is 2.66. The Morgan fingerprint density at radius 1 is 1.21 bits per heavy atom. The summed E-state index contributed by atoms with van der Waals surface area (Å²) >= 11 is 0. The number of halogens is 1. The molecule has 2 N–H and O–H groups in total. The molecule has 4 aromatic rings. The molecule has 9 heteroatoms. The van der Waals surface area contributed by atoms with Gasteiger partial charge in [0.05, 0.1) is 7.11 Å². The van der Waals surface area contributed by atoms with E-state index in [-0.39, 0.29) is 11.7 Å². The Labute approximate surface area is 158 Å². The molecule has 0 atom stereocenters. The van der Waals surface area contributed by atoms with E-state index in [1.54, 1.807) is 43.5 Å². The second kappa shape index (κ2) is 7.03. The van der Waals surface area contributed by atoms with Crippen molar-refractivity contribution in [1.29, 1.82) is 0 Å². The predicted octanol–water partition coefficient (Wildman–Crippen LogP) is 3.46. The molecule has 28 heavy (non-hydrogen) atoms. The predicted molar refractivity (Wildman–Crippen MR) is 102 cm³/mol. The SMILES string of the molecule is COc1cc(Nc2ncc(C)c(Nn3c(=O)oc4ccccc43)n2)ccc1F. The summed E-state index contributed by atoms with van der Waals surface area (Å²) < 4.78 is 25.0. The number of aromatic nitrogens is 3. The third kappa shape index (κ3) is 3.25. The minimum Gasteiger partial charge on any atom is -0.494 e. The topological polar surface area (TPSA) is 94.2 Å². The average molecular weight is 381 g/mol. The number of methoxy groups -OCH3 is 1. The number of benzene rings is 2. The minimum absolute atomic E-state index is 0.104. The molecule has 0 aliphatic carbocycles. The quantitative estimate of drug-likeness (QED) is 0.547. The number of anilines is 3. The highest BCUT2D eigenvalue weighted by molar-refractivity contribution is 5.73. The van der Waals surface area contributed by atoms with Gasteiger partial charge in [0.15, 0.2) is 23.0 Å². The number of hydrogen-bond acceptors (Lipinski definition) is 7. The van der Waals surface area contributed by atoms with Gasteiger partial charge in [-0.3, -0.25) is 5.43 Å². The van der Waals surface area contributed by atoms with E-state index < -0.39 is 11.6 Å². The van der Waals surface area contributed by atoms with Crippen LogP contribution in [0.1, 0.15) is 5.56 Å². The van der Waals surface area contributed by atoms with Crippen molar-refractivity contribution < 1.29 is 13.5 Å². The summed E-state index contributed by atoms with van der Waals surface area (Å²) in [4.78, 5) is 20.8. The zero-order valence-corrected chi connectivity index (χ0v) is 15.1. The van der Waals surface area contributed by atoms with Crippen molar-refractivity contribution in [2.45, 2.75) is 6.92 Å². The van der Waals surface area contributed by atoms with Crippen molar-refractivity contribution in [3.8, 4) is 5.75 Å². The van der Waals surface area contributed by atoms with Gasteiger partial charge in [-0.05, 0) is 31.2 Å². The van der Waals surface area contributed by atoms with E-state index in [1.807, 2.05) is 0 Å². The smallest absolute Gasteiger partial charge is 0.439 e. The molecule has 4 rings (SSSR count). The monoisotopic (exact) mass is 381 g/mol. The molecule has 0 bridgehead atoms. The molecule has 0 saturated heterocycles. The molecular weight excluding hydrogens is 365 g/mol. The zero-order chi connectivity index (χ0) is 19.7. The van der Waals surface area contributed by atoms with Crippen LogP contribution in [0.3, 0.4) is 0 Å². The lowest BCUT2D eigenvalue weighted by molar-refractivity contribution is 0.387. The largest absolute Gasteiger partial charge is 0.494 e. The van der Waals surface area contributed by atoms with Crippen molar-refractivity contribution in [2.24, 2.45) is 0 Å². The number of rotatable bonds is 5. The Kier molecular flexibility index (Phi) is 4.40. The highest BCUT2D eigenvalue weighted by atomic mass is 19.1. The summed E-state index contributed by atoms with van der Waals surface area (Å²) in [5, 5.41) is 2.99. The molecule has 0 aliphatic heterocycles. The van der Waals surface area contributed by atoms with E-state index in [0.717, 1.165) is 5.56 Å². The summed E-state index contributed by atoms with van der Waals surface area (Å²) in [6, 6.07) is 11.4. The van der Waals surface area contributed by atoms with Gasteiger partial charge in [-0.15, -0.1) is 0 Å². The van der Waals surface area contributed by atoms with Gasteiger partial charge in [0, 0.05) is 23.5 Å². The molecule has 142 valence electrons. The number of nitrogens with zero attached hydrogens (tertiary/aromatic N) is 3. The van der Waals surface area contributed by atoms with Gasteiger partial charge in [-0.25, -0.2) is 14.2 Å². The third-order valence-corrected chi connectivity index (χ3v) is 4.08. The van der Waals surface area contributed by atoms with Gasteiger partial charge >= 0.3 is 5.76 Å². The van der Waals surface area contributed by atoms with Crippen LogP contribution in [0.25, 0.3) is 11.1 Å². The standard InChI is InChI=1S/C19H16FN5O3/c1-11-10-21-18(22-12-7-8-13(20)16(9-12)27-2)23-17(11)24-25-14-5-3-4-6-15(14)28-19(25)26/h3-10H,1-2H3,(H2,21,22,23,24). The van der Waals surface area contributed by atoms with E-state index in [9.17, 15) is 9.18 Å². The molecule has 0 spiro atoms. The Bertz CT molecular complexity index is 1220. The Morgan fingerprint density at radius 2 is 2.04 bits per heavy atom. The molecule has 0 aliphatic rings. The number of hydrogen-bond donors (Lipinski definition) is 2. The van der Waals surface area contributed by atoms with Gasteiger partial charge < -0.3 is 14.5 Å². The molecule has 2 aromatic carbocycles. The fraction of sp³-hybridized carbons (Fsp3) is 0.105. The maximum Gasteiger partial charge on any atom is 0.439 e. The summed E-state index contributed by atoms with van der Waals surface area (Å²) in [5.74, 6) is -0.238. The molecule has 8 nitrogen and oxygen atoms in total. The number of para-hydroxylation sites is 2. The van der Waals surface area contributed by atoms with Gasteiger partial charge in [-0.2, -0.15) is 9.66 Å². The summed E-state index contributed by atoms with van der Waals surface area (Å²) in [7, 11) is 1.39. The normalized spacial score (nSPS) is 10.8. The zero-order valence-electron chi connectivity index (χ0n) is 15.1. The molecule has 0 saturated carbocycles. The Morgan fingerprint density at radius 3 is 2.86 bits per heavy atom. The summed E-state index contributed by atoms with van der Waals surface area (Å²) in [6.45, 7) is 1.81. The van der Waals surface area contributed by atoms with Gasteiger partial charge in [-0.1, -0.05) is 12.1 Å². The van der Waals surface area contributed by atoms with Crippen LogP contribution in [0.5, 0.6) is 5.75 Å². The van der Waals surface area contributed by atoms with Crippen LogP contribution in [0.4, 0.5) is 21.8 Å². The Hall–Kier alpha value is -3.88. The molecule has 0 unspecified atom stereocenters. The van der Waals surface area contributed by atoms with Crippen LogP contribution >= 0.6 is 0 Å². The number of aryl methyl sites for hydroxylation is 1. The van der Waals surface area contributed by atoms with Crippen LogP contribution in [-0.2, 0) is 0 Å². The first kappa shape index (κ1) is 17.5. The van der Waals surface area contributed by atoms with Crippen molar-refractivity contribution in [3.63, 3.8) is 0 Å². The lowest BCUT2D eigenvalue weighted by Crippen LogP contribution is -2.23. The van der Waals surface area contributed by atoms with Crippen molar-refractivity contribution in [1.82, 2.24) is 14.6 Å². The van der Waals surface area contributed by atoms with Gasteiger partial charge in [0.2, 0.25) is 5.95 Å². The summed E-state index contributed by atoms with van der Waals surface area (Å²) in [5.41, 5.74) is 5.28. The third-order valence-electron chi connectivity index (χ3n) is 4.08. The first-order valence-corrected chi connectivity index (χ1v) is 8.37. The van der Waals surface area contributed by atoms with E-state index in [1.165, 1.54) is 23.9 Å². The van der Waals surface area contributed by atoms with Crippen molar-refractivity contribution >= 4 is 28.6 Å². The van der Waals surface area contributed by atoms with E-state index >= 15 is 0 Å². The number of nitrogens with one attached hydrogen (secondary N) is 2. The maximum atomic E-state index is 13.6. The van der Waals surface area contributed by atoms with Crippen LogP contribution in [0, 0.1) is 12.7 Å². The van der Waals surface area contributed by atoms with Crippen LogP contribution in [0.15, 0.2) is 57.9 Å².